The second-order valence-electron chi connectivity index (χ2n) is 7.61. The lowest BCUT2D eigenvalue weighted by Gasteiger charge is -2.14. The molecule has 0 bridgehead atoms. The number of amides is 1. The highest BCUT2D eigenvalue weighted by Crippen LogP contribution is 2.33. The second-order valence-corrected chi connectivity index (χ2v) is 7.61. The molecule has 3 aromatic carbocycles. The van der Waals surface area contributed by atoms with E-state index in [1.54, 1.807) is 54.7 Å². The summed E-state index contributed by atoms with van der Waals surface area (Å²) < 4.78 is 39.9. The van der Waals surface area contributed by atoms with Gasteiger partial charge in [-0.2, -0.15) is 13.2 Å². The summed E-state index contributed by atoms with van der Waals surface area (Å²) in [7, 11) is 0. The maximum absolute atomic E-state index is 13.3. The molecule has 1 aromatic heterocycles. The Balaban J connectivity index is 1.55. The van der Waals surface area contributed by atoms with Crippen LogP contribution in [0.3, 0.4) is 0 Å². The first-order valence-electron chi connectivity index (χ1n) is 10.6. The van der Waals surface area contributed by atoms with Gasteiger partial charge in [0.25, 0.3) is 5.91 Å². The Labute approximate surface area is 199 Å². The molecular formula is C28H19F3N2O2. The predicted octanol–water partition coefficient (Wildman–Crippen LogP) is 6.92. The number of hydrogen-bond acceptors (Lipinski definition) is 3. The fourth-order valence-corrected chi connectivity index (χ4v) is 3.43. The van der Waals surface area contributed by atoms with Crippen molar-refractivity contribution in [2.45, 2.75) is 6.18 Å². The van der Waals surface area contributed by atoms with E-state index in [-0.39, 0.29) is 11.3 Å². The number of rotatable bonds is 6. The minimum absolute atomic E-state index is 0.107. The Morgan fingerprint density at radius 1 is 0.829 bits per heavy atom. The van der Waals surface area contributed by atoms with Gasteiger partial charge in [-0.15, -0.1) is 0 Å². The number of allylic oxidation sites excluding steroid dienone is 1. The van der Waals surface area contributed by atoms with Crippen LogP contribution >= 0.6 is 0 Å². The van der Waals surface area contributed by atoms with Gasteiger partial charge >= 0.3 is 6.18 Å². The summed E-state index contributed by atoms with van der Waals surface area (Å²) in [5.74, 6) is -0.943. The minimum atomic E-state index is -4.59. The zero-order chi connectivity index (χ0) is 24.8. The van der Waals surface area contributed by atoms with Gasteiger partial charge in [0.1, 0.15) is 0 Å². The largest absolute Gasteiger partial charge is 0.416 e. The summed E-state index contributed by atoms with van der Waals surface area (Å²) in [6.45, 7) is 0. The number of benzene rings is 3. The van der Waals surface area contributed by atoms with Gasteiger partial charge in [0.15, 0.2) is 5.78 Å². The highest BCUT2D eigenvalue weighted by atomic mass is 19.4. The van der Waals surface area contributed by atoms with Crippen molar-refractivity contribution in [3.05, 3.63) is 126 Å². The van der Waals surface area contributed by atoms with Crippen molar-refractivity contribution in [1.82, 2.24) is 4.98 Å². The summed E-state index contributed by atoms with van der Waals surface area (Å²) in [6.07, 6.45) is 0.0196. The van der Waals surface area contributed by atoms with Crippen molar-refractivity contribution < 1.29 is 22.8 Å². The van der Waals surface area contributed by atoms with Crippen molar-refractivity contribution in [3.63, 3.8) is 0 Å². The number of nitrogens with zero attached hydrogens (tertiary/aromatic N) is 1. The van der Waals surface area contributed by atoms with Gasteiger partial charge in [0, 0.05) is 23.0 Å². The molecule has 4 nitrogen and oxygen atoms in total. The average Bonchev–Trinajstić information content (AvgIpc) is 2.88. The number of pyridine rings is 1. The molecule has 7 heteroatoms. The van der Waals surface area contributed by atoms with Crippen LogP contribution in [-0.4, -0.2) is 16.7 Å². The molecule has 4 aromatic rings. The molecule has 0 saturated heterocycles. The Kier molecular flexibility index (Phi) is 6.87. The molecular weight excluding hydrogens is 453 g/mol. The number of alkyl halides is 3. The highest BCUT2D eigenvalue weighted by Gasteiger charge is 2.32. The van der Waals surface area contributed by atoms with Gasteiger partial charge in [0.2, 0.25) is 0 Å². The van der Waals surface area contributed by atoms with Crippen LogP contribution in [0.4, 0.5) is 18.9 Å². The molecule has 35 heavy (non-hydrogen) atoms. The zero-order valence-electron chi connectivity index (χ0n) is 18.3. The van der Waals surface area contributed by atoms with Crippen molar-refractivity contribution in [2.75, 3.05) is 5.32 Å². The normalized spacial score (nSPS) is 11.4. The number of carbonyl (C=O) groups is 2. The molecule has 1 amide bonds. The Morgan fingerprint density at radius 2 is 1.54 bits per heavy atom. The van der Waals surface area contributed by atoms with Crippen molar-refractivity contribution in [3.8, 4) is 11.1 Å². The Hall–Kier alpha value is -4.52. The van der Waals surface area contributed by atoms with E-state index in [1.807, 2.05) is 6.07 Å². The molecule has 0 aliphatic carbocycles. The number of ketones is 1. The molecule has 0 radical (unpaired) electrons. The molecule has 1 N–H and O–H groups in total. The van der Waals surface area contributed by atoms with E-state index in [0.29, 0.717) is 28.1 Å². The van der Waals surface area contributed by atoms with Crippen LogP contribution in [0.1, 0.15) is 32.0 Å². The summed E-state index contributed by atoms with van der Waals surface area (Å²) in [5, 5.41) is 2.63. The van der Waals surface area contributed by atoms with E-state index >= 15 is 0 Å². The molecule has 4 rings (SSSR count). The lowest BCUT2D eigenvalue weighted by molar-refractivity contribution is -0.137. The van der Waals surface area contributed by atoms with Gasteiger partial charge < -0.3 is 5.32 Å². The lowest BCUT2D eigenvalue weighted by Crippen LogP contribution is -2.15. The Morgan fingerprint density at radius 3 is 2.20 bits per heavy atom. The molecule has 0 aliphatic rings. The summed E-state index contributed by atoms with van der Waals surface area (Å²) in [4.78, 5) is 29.5. The third-order valence-electron chi connectivity index (χ3n) is 5.20. The SMILES string of the molecule is O=C(C=Cc1ccccn1)c1ccc(NC(=O)c2cc(C(F)(F)F)ccc2-c2ccccc2)cc1. The van der Waals surface area contributed by atoms with Crippen LogP contribution in [0.15, 0.2) is 103 Å². The molecule has 0 saturated carbocycles. The quantitative estimate of drug-likeness (QED) is 0.245. The van der Waals surface area contributed by atoms with E-state index in [0.717, 1.165) is 12.1 Å². The number of carbonyl (C=O) groups excluding carboxylic acids is 2. The highest BCUT2D eigenvalue weighted by molar-refractivity contribution is 6.10. The van der Waals surface area contributed by atoms with E-state index in [2.05, 4.69) is 10.3 Å². The van der Waals surface area contributed by atoms with Crippen molar-refractivity contribution in [1.29, 1.82) is 0 Å². The van der Waals surface area contributed by atoms with Crippen LogP contribution in [0.25, 0.3) is 17.2 Å². The molecule has 1 heterocycles. The fraction of sp³-hybridized carbons (Fsp3) is 0.0357. The van der Waals surface area contributed by atoms with E-state index in [4.69, 9.17) is 0 Å². The fourth-order valence-electron chi connectivity index (χ4n) is 3.43. The third-order valence-corrected chi connectivity index (χ3v) is 5.20. The van der Waals surface area contributed by atoms with Crippen LogP contribution in [0.2, 0.25) is 0 Å². The number of halogens is 3. The third kappa shape index (κ3) is 5.89. The van der Waals surface area contributed by atoms with Gasteiger partial charge in [-0.05, 0) is 71.8 Å². The van der Waals surface area contributed by atoms with Crippen LogP contribution in [0, 0.1) is 0 Å². The minimum Gasteiger partial charge on any atom is -0.322 e. The van der Waals surface area contributed by atoms with Crippen LogP contribution < -0.4 is 5.32 Å². The molecule has 0 unspecified atom stereocenters. The Bertz CT molecular complexity index is 1370. The van der Waals surface area contributed by atoms with Crippen LogP contribution in [0.5, 0.6) is 0 Å². The van der Waals surface area contributed by atoms with Crippen molar-refractivity contribution in [2.24, 2.45) is 0 Å². The number of nitrogens with one attached hydrogen (secondary N) is 1. The molecule has 0 fully saturated rings. The second kappa shape index (κ2) is 10.2. The summed E-state index contributed by atoms with van der Waals surface area (Å²) in [6, 6.07) is 23.3. The topological polar surface area (TPSA) is 59.1 Å². The molecule has 174 valence electrons. The first-order valence-corrected chi connectivity index (χ1v) is 10.6. The number of aromatic nitrogens is 1. The predicted molar refractivity (Wildman–Crippen MR) is 129 cm³/mol. The van der Waals surface area contributed by atoms with Crippen molar-refractivity contribution >= 4 is 23.5 Å². The maximum atomic E-state index is 13.3. The first kappa shape index (κ1) is 23.6. The standard InChI is InChI=1S/C28H19F3N2O2/c29-28(30,31)21-11-15-24(19-6-2-1-3-7-19)25(18-21)27(35)33-23-12-9-20(10-13-23)26(34)16-14-22-8-4-5-17-32-22/h1-18H,(H,33,35). The van der Waals surface area contributed by atoms with Gasteiger partial charge in [-0.1, -0.05) is 42.5 Å². The van der Waals surface area contributed by atoms with E-state index in [1.165, 1.54) is 36.4 Å². The number of hydrogen-bond donors (Lipinski definition) is 1. The zero-order valence-corrected chi connectivity index (χ0v) is 18.3. The maximum Gasteiger partial charge on any atom is 0.416 e. The number of anilines is 1. The van der Waals surface area contributed by atoms with Gasteiger partial charge in [0.05, 0.1) is 11.3 Å². The lowest BCUT2D eigenvalue weighted by atomic mass is 9.96. The van der Waals surface area contributed by atoms with Crippen LogP contribution in [-0.2, 0) is 6.18 Å². The molecule has 0 aliphatic heterocycles. The summed E-state index contributed by atoms with van der Waals surface area (Å²) >= 11 is 0. The average molecular weight is 472 g/mol. The summed E-state index contributed by atoms with van der Waals surface area (Å²) in [5.41, 5.74) is 1.35. The first-order chi connectivity index (χ1) is 16.8. The molecule has 0 atom stereocenters. The molecule has 0 spiro atoms. The smallest absolute Gasteiger partial charge is 0.322 e. The monoisotopic (exact) mass is 472 g/mol. The van der Waals surface area contributed by atoms with E-state index < -0.39 is 17.6 Å². The van der Waals surface area contributed by atoms with E-state index in [9.17, 15) is 22.8 Å². The van der Waals surface area contributed by atoms with Gasteiger partial charge in [-0.3, -0.25) is 14.6 Å². The van der Waals surface area contributed by atoms with Gasteiger partial charge in [-0.25, -0.2) is 0 Å².